The highest BCUT2D eigenvalue weighted by Gasteiger charge is 2.18. The first-order valence-electron chi connectivity index (χ1n) is 17.6. The third-order valence-corrected chi connectivity index (χ3v) is 8.18. The maximum absolute atomic E-state index is 10.1. The molecule has 8 nitrogen and oxygen atoms in total. The van der Waals surface area contributed by atoms with Crippen molar-refractivity contribution < 1.29 is 33.8 Å². The molecule has 0 amide bonds. The van der Waals surface area contributed by atoms with E-state index in [1.165, 1.54) is 141 Å². The molecule has 0 radical (unpaired) electrons. The highest BCUT2D eigenvalue weighted by Crippen LogP contribution is 2.34. The molecule has 0 bridgehead atoms. The van der Waals surface area contributed by atoms with Gasteiger partial charge in [0.15, 0.2) is 0 Å². The second kappa shape index (κ2) is 35.4. The van der Waals surface area contributed by atoms with Crippen LogP contribution in [0.15, 0.2) is 0 Å². The van der Waals surface area contributed by atoms with Crippen LogP contribution in [0.25, 0.3) is 0 Å². The molecule has 9 heteroatoms. The molecule has 0 aromatic heterocycles. The largest absolute Gasteiger partial charge is 0.469 e. The summed E-state index contributed by atoms with van der Waals surface area (Å²) in [6.07, 6.45) is 32.1. The van der Waals surface area contributed by atoms with Crippen molar-refractivity contribution in [3.05, 3.63) is 0 Å². The zero-order valence-corrected chi connectivity index (χ0v) is 28.6. The lowest BCUT2D eigenvalue weighted by molar-refractivity contribution is -0.0629. The maximum atomic E-state index is 10.1. The van der Waals surface area contributed by atoms with Crippen LogP contribution in [0.1, 0.15) is 174 Å². The van der Waals surface area contributed by atoms with Crippen molar-refractivity contribution in [2.45, 2.75) is 187 Å². The number of hydrogen-bond acceptors (Lipinski definition) is 6. The molecule has 0 aliphatic rings. The summed E-state index contributed by atoms with van der Waals surface area (Å²) in [5.41, 5.74) is 4.87. The van der Waals surface area contributed by atoms with Gasteiger partial charge in [-0.15, -0.1) is 0 Å². The van der Waals surface area contributed by atoms with Crippen molar-refractivity contribution in [1.29, 1.82) is 0 Å². The van der Waals surface area contributed by atoms with E-state index in [1.807, 2.05) is 0 Å². The van der Waals surface area contributed by atoms with Gasteiger partial charge in [-0.2, -0.15) is 0 Å². The van der Waals surface area contributed by atoms with Gasteiger partial charge in [-0.1, -0.05) is 162 Å². The van der Waals surface area contributed by atoms with Gasteiger partial charge >= 0.3 is 7.82 Å². The van der Waals surface area contributed by atoms with Gasteiger partial charge in [0.25, 0.3) is 0 Å². The molecule has 2 unspecified atom stereocenters. The minimum atomic E-state index is -4.26. The Labute approximate surface area is 260 Å². The summed E-state index contributed by atoms with van der Waals surface area (Å²) in [5.74, 6) is 0. The van der Waals surface area contributed by atoms with E-state index < -0.39 is 13.9 Å². The highest BCUT2D eigenvalue weighted by molar-refractivity contribution is 7.46. The number of rotatable bonds is 32. The number of aliphatic hydroxyl groups excluding tert-OH is 2. The first kappa shape index (κ1) is 44.1. The molecule has 42 heavy (non-hydrogen) atoms. The summed E-state index contributed by atoms with van der Waals surface area (Å²) in [6, 6.07) is 0. The number of phosphoric ester groups is 1. The van der Waals surface area contributed by atoms with Crippen molar-refractivity contribution in [3.8, 4) is 0 Å². The summed E-state index contributed by atoms with van der Waals surface area (Å²) < 4.78 is 19.7. The second-order valence-corrected chi connectivity index (χ2v) is 13.1. The number of aliphatic hydroxyl groups is 2. The molecule has 0 saturated carbocycles. The van der Waals surface area contributed by atoms with Crippen molar-refractivity contribution in [2.24, 2.45) is 5.73 Å². The van der Waals surface area contributed by atoms with E-state index in [9.17, 15) is 14.8 Å². The van der Waals surface area contributed by atoms with Crippen molar-refractivity contribution in [1.82, 2.24) is 0 Å². The maximum Gasteiger partial charge on any atom is 0.469 e. The van der Waals surface area contributed by atoms with E-state index in [0.29, 0.717) is 0 Å². The summed E-state index contributed by atoms with van der Waals surface area (Å²) in [6.45, 7) is 5.09. The molecule has 0 saturated heterocycles. The molecule has 0 aromatic carbocycles. The van der Waals surface area contributed by atoms with Gasteiger partial charge in [0.05, 0.1) is 19.3 Å². The van der Waals surface area contributed by atoms with Crippen LogP contribution < -0.4 is 5.73 Å². The quantitative estimate of drug-likeness (QED) is 0.0370. The van der Waals surface area contributed by atoms with Gasteiger partial charge in [-0.25, -0.2) is 4.57 Å². The molecule has 256 valence electrons. The lowest BCUT2D eigenvalue weighted by atomic mass is 10.0. The fourth-order valence-electron chi connectivity index (χ4n) is 5.04. The minimum absolute atomic E-state index is 0.107. The van der Waals surface area contributed by atoms with Gasteiger partial charge in [0.1, 0.15) is 6.10 Å². The van der Waals surface area contributed by atoms with E-state index in [0.717, 1.165) is 25.9 Å². The van der Waals surface area contributed by atoms with Crippen LogP contribution in [0, 0.1) is 0 Å². The first-order valence-corrected chi connectivity index (χ1v) is 19.2. The van der Waals surface area contributed by atoms with Crippen molar-refractivity contribution in [2.75, 3.05) is 26.4 Å². The Morgan fingerprint density at radius 3 is 1.26 bits per heavy atom. The molecule has 0 spiro atoms. The molecule has 0 heterocycles. The van der Waals surface area contributed by atoms with Crippen LogP contribution in [0.5, 0.6) is 0 Å². The number of hydrogen-bond donors (Lipinski definition) is 5. The lowest BCUT2D eigenvalue weighted by Crippen LogP contribution is -2.32. The topological polar surface area (TPSA) is 142 Å². The minimum Gasteiger partial charge on any atom is -0.394 e. The number of phosphoric acid groups is 1. The summed E-state index contributed by atoms with van der Waals surface area (Å²) in [7, 11) is -4.26. The monoisotopic (exact) mass is 626 g/mol. The highest BCUT2D eigenvalue weighted by atomic mass is 31.2. The lowest BCUT2D eigenvalue weighted by Gasteiger charge is -2.22. The van der Waals surface area contributed by atoms with E-state index >= 15 is 0 Å². The van der Waals surface area contributed by atoms with Crippen molar-refractivity contribution >= 4 is 7.82 Å². The van der Waals surface area contributed by atoms with Crippen molar-refractivity contribution in [3.63, 3.8) is 0 Å². The van der Waals surface area contributed by atoms with Gasteiger partial charge < -0.3 is 30.5 Å². The molecular formula is C33H72NO7P. The zero-order chi connectivity index (χ0) is 31.6. The fourth-order valence-corrected chi connectivity index (χ4v) is 5.38. The SMILES string of the molecule is CCCCCCCCCCCCCCOC(CCCCCCCCCCCCCC)C(O)CO.NCCOP(=O)(O)O. The molecule has 6 N–H and O–H groups in total. The molecule has 0 aliphatic carbocycles. The number of ether oxygens (including phenoxy) is 1. The summed E-state index contributed by atoms with van der Waals surface area (Å²) in [5, 5.41) is 19.5. The molecule has 0 aliphatic heterocycles. The van der Waals surface area contributed by atoms with E-state index in [2.05, 4.69) is 18.4 Å². The van der Waals surface area contributed by atoms with Gasteiger partial charge in [0.2, 0.25) is 0 Å². The third kappa shape index (κ3) is 38.0. The van der Waals surface area contributed by atoms with Gasteiger partial charge in [0, 0.05) is 13.2 Å². The van der Waals surface area contributed by atoms with Crippen LogP contribution in [0.3, 0.4) is 0 Å². The Hall–Kier alpha value is -0.0500. The number of unbranched alkanes of at least 4 members (excludes halogenated alkanes) is 22. The molecule has 0 fully saturated rings. The summed E-state index contributed by atoms with van der Waals surface area (Å²) >= 11 is 0. The summed E-state index contributed by atoms with van der Waals surface area (Å²) in [4.78, 5) is 16.0. The van der Waals surface area contributed by atoms with Crippen LogP contribution in [0.4, 0.5) is 0 Å². The average Bonchev–Trinajstić information content (AvgIpc) is 2.97. The molecule has 0 aromatic rings. The predicted octanol–water partition coefficient (Wildman–Crippen LogP) is 8.57. The Balaban J connectivity index is 0. The molecule has 2 atom stereocenters. The smallest absolute Gasteiger partial charge is 0.394 e. The molecule has 0 rings (SSSR count). The van der Waals surface area contributed by atoms with E-state index in [1.54, 1.807) is 0 Å². The second-order valence-electron chi connectivity index (χ2n) is 11.8. The first-order chi connectivity index (χ1) is 20.3. The van der Waals surface area contributed by atoms with Gasteiger partial charge in [-0.3, -0.25) is 4.52 Å². The predicted molar refractivity (Wildman–Crippen MR) is 177 cm³/mol. The Morgan fingerprint density at radius 2 is 0.952 bits per heavy atom. The third-order valence-electron chi connectivity index (χ3n) is 7.67. The Kier molecular flexibility index (Phi) is 37.2. The normalized spacial score (nSPS) is 13.1. The average molecular weight is 626 g/mol. The van der Waals surface area contributed by atoms with Crippen LogP contribution in [-0.2, 0) is 13.8 Å². The van der Waals surface area contributed by atoms with Crippen LogP contribution in [0.2, 0.25) is 0 Å². The van der Waals surface area contributed by atoms with Crippen LogP contribution >= 0.6 is 7.82 Å². The van der Waals surface area contributed by atoms with E-state index in [4.69, 9.17) is 20.3 Å². The Morgan fingerprint density at radius 1 is 0.595 bits per heavy atom. The zero-order valence-electron chi connectivity index (χ0n) is 27.7. The molecular weight excluding hydrogens is 553 g/mol. The van der Waals surface area contributed by atoms with Crippen LogP contribution in [-0.4, -0.2) is 58.6 Å². The standard InChI is InChI=1S/C31H64O3.C2H8NO4P/c1-3-5-7-9-11-13-15-17-19-21-23-25-27-31(30(33)29-32)34-28-26-24-22-20-18-16-14-12-10-8-6-4-2;3-1-2-7-8(4,5)6/h30-33H,3-29H2,1-2H3;1-3H2,(H2,4,5,6). The van der Waals surface area contributed by atoms with Gasteiger partial charge in [-0.05, 0) is 12.8 Å². The number of nitrogens with two attached hydrogens (primary N) is 1. The Bertz CT molecular complexity index is 550. The fraction of sp³-hybridized carbons (Fsp3) is 1.00. The van der Waals surface area contributed by atoms with E-state index in [-0.39, 0.29) is 25.9 Å².